The molecule has 2 aliphatic carbocycles. The van der Waals surface area contributed by atoms with Crippen molar-refractivity contribution in [3.63, 3.8) is 0 Å². The molecule has 2 aromatic rings. The minimum Gasteiger partial charge on any atom is -0.365 e. The van der Waals surface area contributed by atoms with Crippen LogP contribution in [0.4, 0.5) is 10.1 Å². The van der Waals surface area contributed by atoms with Crippen molar-refractivity contribution in [1.82, 2.24) is 9.80 Å². The van der Waals surface area contributed by atoms with E-state index in [1.807, 2.05) is 17.0 Å². The Kier molecular flexibility index (Phi) is 8.07. The van der Waals surface area contributed by atoms with Crippen molar-refractivity contribution in [3.8, 4) is 0 Å². The lowest BCUT2D eigenvalue weighted by Crippen LogP contribution is -2.58. The first-order chi connectivity index (χ1) is 18.2. The maximum absolute atomic E-state index is 15.0. The van der Waals surface area contributed by atoms with E-state index in [0.29, 0.717) is 5.02 Å². The van der Waals surface area contributed by atoms with Crippen LogP contribution in [0.2, 0.25) is 5.02 Å². The SMILES string of the molecule is CN(C)C(=O)CC1OCC(c2ccc(Cl)cc2)N(C(CN(c2ccccc2F)S(=O)C2CC2)C2CC2)C1=O. The van der Waals surface area contributed by atoms with Crippen LogP contribution in [0.15, 0.2) is 48.5 Å². The van der Waals surface area contributed by atoms with Gasteiger partial charge in [0.05, 0.1) is 42.6 Å². The number of ether oxygens (including phenoxy) is 1. The first-order valence-electron chi connectivity index (χ1n) is 13.1. The zero-order valence-electron chi connectivity index (χ0n) is 21.6. The topological polar surface area (TPSA) is 70.2 Å². The van der Waals surface area contributed by atoms with E-state index in [4.69, 9.17) is 16.3 Å². The second-order valence-electron chi connectivity index (χ2n) is 10.5. The molecule has 5 rings (SSSR count). The molecular formula is C28H33ClFN3O4S. The molecule has 2 aromatic carbocycles. The fraction of sp³-hybridized carbons (Fsp3) is 0.500. The summed E-state index contributed by atoms with van der Waals surface area (Å²) in [5, 5.41) is 0.578. The number of para-hydroxylation sites is 1. The van der Waals surface area contributed by atoms with Crippen LogP contribution in [-0.4, -0.2) is 70.5 Å². The zero-order valence-corrected chi connectivity index (χ0v) is 23.2. The van der Waals surface area contributed by atoms with Gasteiger partial charge in [-0.1, -0.05) is 35.9 Å². The van der Waals surface area contributed by atoms with Crippen molar-refractivity contribution in [3.05, 3.63) is 64.9 Å². The highest BCUT2D eigenvalue weighted by molar-refractivity contribution is 7.87. The van der Waals surface area contributed by atoms with Gasteiger partial charge in [-0.25, -0.2) is 8.60 Å². The van der Waals surface area contributed by atoms with Gasteiger partial charge in [-0.3, -0.25) is 13.9 Å². The zero-order chi connectivity index (χ0) is 27.0. The monoisotopic (exact) mass is 561 g/mol. The molecule has 0 radical (unpaired) electrons. The Balaban J connectivity index is 1.51. The van der Waals surface area contributed by atoms with Crippen LogP contribution in [-0.2, 0) is 25.3 Å². The smallest absolute Gasteiger partial charge is 0.253 e. The van der Waals surface area contributed by atoms with E-state index in [9.17, 15) is 18.2 Å². The summed E-state index contributed by atoms with van der Waals surface area (Å²) in [5.41, 5.74) is 1.15. The molecule has 204 valence electrons. The molecule has 4 unspecified atom stereocenters. The molecule has 2 amide bonds. The number of hydrogen-bond donors (Lipinski definition) is 0. The van der Waals surface area contributed by atoms with Crippen LogP contribution in [0.5, 0.6) is 0 Å². The van der Waals surface area contributed by atoms with Gasteiger partial charge in [0.1, 0.15) is 22.9 Å². The van der Waals surface area contributed by atoms with Crippen molar-refractivity contribution in [2.75, 3.05) is 31.6 Å². The number of morpholine rings is 1. The molecule has 1 heterocycles. The van der Waals surface area contributed by atoms with E-state index in [0.717, 1.165) is 31.2 Å². The number of rotatable bonds is 10. The fourth-order valence-electron chi connectivity index (χ4n) is 4.99. The number of carbonyl (C=O) groups is 2. The molecule has 3 fully saturated rings. The van der Waals surface area contributed by atoms with Gasteiger partial charge in [0.25, 0.3) is 5.91 Å². The molecule has 1 saturated heterocycles. The maximum Gasteiger partial charge on any atom is 0.253 e. The van der Waals surface area contributed by atoms with Crippen molar-refractivity contribution in [2.45, 2.75) is 55.5 Å². The van der Waals surface area contributed by atoms with Crippen LogP contribution in [0, 0.1) is 11.7 Å². The lowest BCUT2D eigenvalue weighted by atomic mass is 9.97. The molecule has 0 aromatic heterocycles. The summed E-state index contributed by atoms with van der Waals surface area (Å²) in [5.74, 6) is -0.719. The summed E-state index contributed by atoms with van der Waals surface area (Å²) in [4.78, 5) is 29.8. The molecule has 4 atom stereocenters. The van der Waals surface area contributed by atoms with Gasteiger partial charge in [-0.15, -0.1) is 0 Å². The fourth-order valence-corrected chi connectivity index (χ4v) is 6.66. The summed E-state index contributed by atoms with van der Waals surface area (Å²) in [6.07, 6.45) is 2.55. The Morgan fingerprint density at radius 3 is 2.42 bits per heavy atom. The Morgan fingerprint density at radius 2 is 1.82 bits per heavy atom. The largest absolute Gasteiger partial charge is 0.365 e. The van der Waals surface area contributed by atoms with Crippen LogP contribution < -0.4 is 4.31 Å². The predicted octanol–water partition coefficient (Wildman–Crippen LogP) is 4.34. The number of hydrogen-bond acceptors (Lipinski definition) is 4. The number of anilines is 1. The van der Waals surface area contributed by atoms with Gasteiger partial charge in [-0.05, 0) is 61.4 Å². The number of nitrogens with zero attached hydrogens (tertiary/aromatic N) is 3. The third kappa shape index (κ3) is 5.90. The molecule has 10 heteroatoms. The number of amides is 2. The first kappa shape index (κ1) is 27.1. The molecular weight excluding hydrogens is 529 g/mol. The third-order valence-corrected chi connectivity index (χ3v) is 9.53. The Labute approximate surface area is 230 Å². The van der Waals surface area contributed by atoms with E-state index in [1.165, 1.54) is 11.0 Å². The van der Waals surface area contributed by atoms with Gasteiger partial charge in [-0.2, -0.15) is 0 Å². The average molecular weight is 562 g/mol. The van der Waals surface area contributed by atoms with Crippen LogP contribution in [0.1, 0.15) is 43.7 Å². The Morgan fingerprint density at radius 1 is 1.13 bits per heavy atom. The second-order valence-corrected chi connectivity index (χ2v) is 12.6. The quantitative estimate of drug-likeness (QED) is 0.433. The van der Waals surface area contributed by atoms with Crippen molar-refractivity contribution in [2.24, 2.45) is 5.92 Å². The molecule has 1 aliphatic heterocycles. The van der Waals surface area contributed by atoms with Gasteiger partial charge in [0, 0.05) is 19.1 Å². The molecule has 0 bridgehead atoms. The Bertz CT molecular complexity index is 1200. The molecule has 3 aliphatic rings. The highest BCUT2D eigenvalue weighted by atomic mass is 35.5. The summed E-state index contributed by atoms with van der Waals surface area (Å²) in [7, 11) is 1.88. The minimum atomic E-state index is -1.42. The highest BCUT2D eigenvalue weighted by Crippen LogP contribution is 2.43. The highest BCUT2D eigenvalue weighted by Gasteiger charge is 2.48. The van der Waals surface area contributed by atoms with Crippen LogP contribution >= 0.6 is 11.6 Å². The number of benzene rings is 2. The maximum atomic E-state index is 15.0. The Hall–Kier alpha value is -2.49. The van der Waals surface area contributed by atoms with E-state index in [2.05, 4.69) is 0 Å². The van der Waals surface area contributed by atoms with Crippen molar-refractivity contribution >= 4 is 40.1 Å². The van der Waals surface area contributed by atoms with Gasteiger partial charge in [0.2, 0.25) is 5.91 Å². The summed E-state index contributed by atoms with van der Waals surface area (Å²) >= 11 is 6.14. The van der Waals surface area contributed by atoms with E-state index in [-0.39, 0.29) is 54.3 Å². The van der Waals surface area contributed by atoms with Gasteiger partial charge < -0.3 is 14.5 Å². The van der Waals surface area contributed by atoms with E-state index < -0.39 is 28.9 Å². The summed E-state index contributed by atoms with van der Waals surface area (Å²) < 4.78 is 36.2. The first-order valence-corrected chi connectivity index (χ1v) is 14.6. The van der Waals surface area contributed by atoms with Gasteiger partial charge >= 0.3 is 0 Å². The molecule has 0 N–H and O–H groups in total. The standard InChI is InChI=1S/C28H33ClFN3O4S/c1-31(2)27(34)15-26-28(35)33(25(17-37-26)19-9-11-20(29)12-10-19)24(18-7-8-18)16-32(38(36)21-13-14-21)23-6-4-3-5-22(23)30/h3-6,9-12,18,21,24-26H,7-8,13-17H2,1-2H3. The normalized spacial score (nSPS) is 23.2. The molecule has 7 nitrogen and oxygen atoms in total. The molecule has 0 spiro atoms. The average Bonchev–Trinajstić information content (AvgIpc) is 3.81. The lowest BCUT2D eigenvalue weighted by molar-refractivity contribution is -0.167. The van der Waals surface area contributed by atoms with Gasteiger partial charge in [0.15, 0.2) is 0 Å². The predicted molar refractivity (Wildman–Crippen MR) is 146 cm³/mol. The minimum absolute atomic E-state index is 0.00706. The van der Waals surface area contributed by atoms with Crippen molar-refractivity contribution < 1.29 is 22.9 Å². The van der Waals surface area contributed by atoms with Crippen molar-refractivity contribution in [1.29, 1.82) is 0 Å². The second kappa shape index (κ2) is 11.3. The summed E-state index contributed by atoms with van der Waals surface area (Å²) in [6.45, 7) is 0.451. The third-order valence-electron chi connectivity index (χ3n) is 7.46. The molecule has 38 heavy (non-hydrogen) atoms. The number of halogens is 2. The van der Waals surface area contributed by atoms with E-state index >= 15 is 0 Å². The van der Waals surface area contributed by atoms with Crippen LogP contribution in [0.25, 0.3) is 0 Å². The van der Waals surface area contributed by atoms with Crippen LogP contribution in [0.3, 0.4) is 0 Å². The molecule has 2 saturated carbocycles. The lowest BCUT2D eigenvalue weighted by Gasteiger charge is -2.45. The summed E-state index contributed by atoms with van der Waals surface area (Å²) in [6, 6.07) is 13.0. The van der Waals surface area contributed by atoms with E-state index in [1.54, 1.807) is 48.7 Å². The number of carbonyl (C=O) groups excluding carboxylic acids is 2.